The molecule has 1 aromatic rings. The van der Waals surface area contributed by atoms with Gasteiger partial charge in [-0.25, -0.2) is 0 Å². The Morgan fingerprint density at radius 2 is 0.943 bits per heavy atom. The van der Waals surface area contributed by atoms with Gasteiger partial charge in [-0.1, -0.05) is 143 Å². The summed E-state index contributed by atoms with van der Waals surface area (Å²) >= 11 is 0. The maximum absolute atomic E-state index is 6.22. The Labute approximate surface area is 220 Å². The number of nitrogens with zero attached hydrogens (tertiary/aromatic N) is 1. The number of ether oxygens (including phenoxy) is 1. The van der Waals surface area contributed by atoms with Crippen LogP contribution in [0.15, 0.2) is 12.3 Å². The van der Waals surface area contributed by atoms with Gasteiger partial charge in [0.05, 0.1) is 6.61 Å². The lowest BCUT2D eigenvalue weighted by Crippen LogP contribution is -2.05. The van der Waals surface area contributed by atoms with Crippen LogP contribution in [0.4, 0.5) is 0 Å². The van der Waals surface area contributed by atoms with Crippen LogP contribution in [-0.2, 0) is 12.8 Å². The normalized spacial score (nSPS) is 11.3. The van der Waals surface area contributed by atoms with Gasteiger partial charge in [-0.3, -0.25) is 4.98 Å². The molecule has 0 aromatic carbocycles. The summed E-state index contributed by atoms with van der Waals surface area (Å²) in [6.07, 6.45) is 34.3. The molecule has 0 saturated heterocycles. The highest BCUT2D eigenvalue weighted by molar-refractivity contribution is 5.36. The molecule has 204 valence electrons. The maximum atomic E-state index is 6.22. The number of hydrogen-bond acceptors (Lipinski definition) is 2. The van der Waals surface area contributed by atoms with Crippen LogP contribution in [-0.4, -0.2) is 11.6 Å². The fourth-order valence-corrected chi connectivity index (χ4v) is 5.03. The number of unbranched alkanes of at least 4 members (excludes halogenated alkanes) is 19. The van der Waals surface area contributed by atoms with E-state index in [1.165, 1.54) is 146 Å². The van der Waals surface area contributed by atoms with Gasteiger partial charge in [-0.15, -0.1) is 0 Å². The van der Waals surface area contributed by atoms with Crippen molar-refractivity contribution >= 4 is 0 Å². The summed E-state index contributed by atoms with van der Waals surface area (Å²) in [4.78, 5) is 4.83. The second-order valence-corrected chi connectivity index (χ2v) is 10.8. The monoisotopic (exact) mass is 487 g/mol. The van der Waals surface area contributed by atoms with Gasteiger partial charge in [0.25, 0.3) is 0 Å². The van der Waals surface area contributed by atoms with E-state index >= 15 is 0 Å². The van der Waals surface area contributed by atoms with Gasteiger partial charge in [-0.2, -0.15) is 0 Å². The number of pyridine rings is 1. The first-order valence-corrected chi connectivity index (χ1v) is 15.9. The molecule has 0 aliphatic rings. The molecule has 1 aromatic heterocycles. The summed E-state index contributed by atoms with van der Waals surface area (Å²) in [5.41, 5.74) is 2.73. The van der Waals surface area contributed by atoms with Crippen LogP contribution >= 0.6 is 0 Å². The van der Waals surface area contributed by atoms with Crippen molar-refractivity contribution in [1.82, 2.24) is 4.98 Å². The fourth-order valence-electron chi connectivity index (χ4n) is 5.03. The molecule has 0 amide bonds. The van der Waals surface area contributed by atoms with Crippen molar-refractivity contribution in [2.24, 2.45) is 0 Å². The standard InChI is InChI=1S/C33H61NO/c1-4-7-10-12-14-16-18-20-22-24-26-31-32(34-29-28-33(31)35-30-9-6-3)27-25-23-21-19-17-15-13-11-8-5-2/h28-29H,4-27,30H2,1-3H3. The molecular weight excluding hydrogens is 426 g/mol. The van der Waals surface area contributed by atoms with Crippen LogP contribution in [0.2, 0.25) is 0 Å². The maximum Gasteiger partial charge on any atom is 0.125 e. The summed E-state index contributed by atoms with van der Waals surface area (Å²) in [5.74, 6) is 1.12. The summed E-state index contributed by atoms with van der Waals surface area (Å²) in [6.45, 7) is 7.66. The molecule has 0 bridgehead atoms. The molecule has 0 atom stereocenters. The molecule has 0 aliphatic carbocycles. The third-order valence-corrected chi connectivity index (χ3v) is 7.40. The van der Waals surface area contributed by atoms with E-state index in [9.17, 15) is 0 Å². The van der Waals surface area contributed by atoms with Crippen molar-refractivity contribution in [3.05, 3.63) is 23.5 Å². The van der Waals surface area contributed by atoms with E-state index in [0.29, 0.717) is 0 Å². The summed E-state index contributed by atoms with van der Waals surface area (Å²) in [7, 11) is 0. The second kappa shape index (κ2) is 24.6. The lowest BCUT2D eigenvalue weighted by molar-refractivity contribution is 0.305. The first kappa shape index (κ1) is 32.0. The summed E-state index contributed by atoms with van der Waals surface area (Å²) in [6, 6.07) is 2.11. The lowest BCUT2D eigenvalue weighted by atomic mass is 9.99. The topological polar surface area (TPSA) is 22.1 Å². The van der Waals surface area contributed by atoms with Crippen LogP contribution < -0.4 is 4.74 Å². The van der Waals surface area contributed by atoms with Gasteiger partial charge in [0.15, 0.2) is 0 Å². The Bertz CT molecular complexity index is 570. The molecule has 0 unspecified atom stereocenters. The third kappa shape index (κ3) is 17.9. The summed E-state index contributed by atoms with van der Waals surface area (Å²) in [5, 5.41) is 0. The number of aromatic nitrogens is 1. The first-order chi connectivity index (χ1) is 17.3. The molecule has 0 N–H and O–H groups in total. The third-order valence-electron chi connectivity index (χ3n) is 7.40. The Kier molecular flexibility index (Phi) is 22.5. The molecule has 0 saturated carbocycles. The minimum absolute atomic E-state index is 0.837. The van der Waals surface area contributed by atoms with Crippen molar-refractivity contribution in [3.8, 4) is 5.75 Å². The van der Waals surface area contributed by atoms with E-state index in [4.69, 9.17) is 9.72 Å². The zero-order valence-electron chi connectivity index (χ0n) is 24.2. The predicted molar refractivity (Wildman–Crippen MR) is 156 cm³/mol. The minimum Gasteiger partial charge on any atom is -0.493 e. The molecule has 2 nitrogen and oxygen atoms in total. The molecule has 0 aliphatic heterocycles. The van der Waals surface area contributed by atoms with E-state index in [0.717, 1.165) is 31.6 Å². The van der Waals surface area contributed by atoms with Crippen LogP contribution in [0.25, 0.3) is 0 Å². The highest BCUT2D eigenvalue weighted by Crippen LogP contribution is 2.26. The number of hydrogen-bond donors (Lipinski definition) is 0. The van der Waals surface area contributed by atoms with Crippen LogP contribution in [0.3, 0.4) is 0 Å². The van der Waals surface area contributed by atoms with E-state index in [1.807, 2.05) is 6.20 Å². The molecular formula is C33H61NO. The number of rotatable bonds is 26. The van der Waals surface area contributed by atoms with Crippen LogP contribution in [0.5, 0.6) is 5.75 Å². The molecule has 0 fully saturated rings. The van der Waals surface area contributed by atoms with Crippen LogP contribution in [0, 0.1) is 0 Å². The molecule has 35 heavy (non-hydrogen) atoms. The van der Waals surface area contributed by atoms with Crippen molar-refractivity contribution < 1.29 is 4.74 Å². The predicted octanol–water partition coefficient (Wildman–Crippen LogP) is 11.2. The van der Waals surface area contributed by atoms with Crippen molar-refractivity contribution in [1.29, 1.82) is 0 Å². The SMILES string of the molecule is CCCCCCCCCCCCc1nccc(OCCCC)c1CCCCCCCCCCCC. The molecule has 1 heterocycles. The molecule has 2 heteroatoms. The van der Waals surface area contributed by atoms with Crippen LogP contribution in [0.1, 0.15) is 173 Å². The van der Waals surface area contributed by atoms with Gasteiger partial charge < -0.3 is 4.74 Å². The Balaban J connectivity index is 2.35. The molecule has 1 rings (SSSR count). The quantitative estimate of drug-likeness (QED) is 0.121. The minimum atomic E-state index is 0.837. The zero-order chi connectivity index (χ0) is 25.2. The molecule has 0 radical (unpaired) electrons. The van der Waals surface area contributed by atoms with Crippen molar-refractivity contribution in [2.45, 2.75) is 175 Å². The highest BCUT2D eigenvalue weighted by Gasteiger charge is 2.11. The van der Waals surface area contributed by atoms with Gasteiger partial charge in [0.2, 0.25) is 0 Å². The van der Waals surface area contributed by atoms with E-state index in [-0.39, 0.29) is 0 Å². The largest absolute Gasteiger partial charge is 0.493 e. The Morgan fingerprint density at radius 1 is 0.514 bits per heavy atom. The van der Waals surface area contributed by atoms with Gasteiger partial charge in [0.1, 0.15) is 5.75 Å². The first-order valence-electron chi connectivity index (χ1n) is 15.9. The Morgan fingerprint density at radius 3 is 1.43 bits per heavy atom. The van der Waals surface area contributed by atoms with Gasteiger partial charge in [0, 0.05) is 17.5 Å². The van der Waals surface area contributed by atoms with Gasteiger partial charge in [-0.05, 0) is 38.2 Å². The number of aryl methyl sites for hydroxylation is 1. The highest BCUT2D eigenvalue weighted by atomic mass is 16.5. The average Bonchev–Trinajstić information content (AvgIpc) is 2.87. The lowest BCUT2D eigenvalue weighted by Gasteiger charge is -2.15. The zero-order valence-corrected chi connectivity index (χ0v) is 24.2. The summed E-state index contributed by atoms with van der Waals surface area (Å²) < 4.78 is 6.22. The van der Waals surface area contributed by atoms with Gasteiger partial charge >= 0.3 is 0 Å². The van der Waals surface area contributed by atoms with E-state index < -0.39 is 0 Å². The molecule has 0 spiro atoms. The van der Waals surface area contributed by atoms with Crippen molar-refractivity contribution in [3.63, 3.8) is 0 Å². The van der Waals surface area contributed by atoms with E-state index in [2.05, 4.69) is 26.8 Å². The second-order valence-electron chi connectivity index (χ2n) is 10.8. The average molecular weight is 488 g/mol. The Hall–Kier alpha value is -1.05. The van der Waals surface area contributed by atoms with E-state index in [1.54, 1.807) is 0 Å². The van der Waals surface area contributed by atoms with Crippen molar-refractivity contribution in [2.75, 3.05) is 6.61 Å². The fraction of sp³-hybridized carbons (Fsp3) is 0.848. The smallest absolute Gasteiger partial charge is 0.125 e.